The Balaban J connectivity index is 1.27. The lowest BCUT2D eigenvalue weighted by Crippen LogP contribution is -2.52. The zero-order valence-corrected chi connectivity index (χ0v) is 21.9. The van der Waals surface area contributed by atoms with Gasteiger partial charge in [0.15, 0.2) is 5.11 Å². The molecule has 188 valence electrons. The number of anilines is 1. The van der Waals surface area contributed by atoms with E-state index in [0.29, 0.717) is 5.11 Å². The molecule has 1 saturated heterocycles. The average Bonchev–Trinajstić information content (AvgIpc) is 3.24. The van der Waals surface area contributed by atoms with E-state index in [9.17, 15) is 8.42 Å². The Morgan fingerprint density at radius 2 is 1.38 bits per heavy atom. The number of thiocarbonyl (C=S) groups is 1. The molecule has 2 atom stereocenters. The average molecular weight is 529 g/mol. The van der Waals surface area contributed by atoms with Crippen molar-refractivity contribution in [2.24, 2.45) is 0 Å². The molecule has 0 aromatic heterocycles. The topological polar surface area (TPSA) is 64.7 Å². The molecule has 1 heterocycles. The Morgan fingerprint density at radius 3 is 2.05 bits per heavy atom. The van der Waals surface area contributed by atoms with E-state index in [0.717, 1.165) is 48.2 Å². The first-order chi connectivity index (χ1) is 18.0. The van der Waals surface area contributed by atoms with Crippen molar-refractivity contribution in [2.45, 2.75) is 17.0 Å². The summed E-state index contributed by atoms with van der Waals surface area (Å²) in [5.41, 5.74) is 3.18. The molecule has 0 saturated carbocycles. The third-order valence-corrected chi connectivity index (χ3v) is 9.11. The highest BCUT2D eigenvalue weighted by molar-refractivity contribution is 7.89. The van der Waals surface area contributed by atoms with Crippen LogP contribution in [0, 0.1) is 0 Å². The molecule has 4 aromatic rings. The van der Waals surface area contributed by atoms with E-state index in [2.05, 4.69) is 50.2 Å². The van der Waals surface area contributed by atoms with E-state index in [1.54, 1.807) is 24.3 Å². The molecule has 1 aliphatic heterocycles. The molecule has 0 spiro atoms. The lowest BCUT2D eigenvalue weighted by molar-refractivity contribution is 0.117. The van der Waals surface area contributed by atoms with E-state index in [4.69, 9.17) is 12.2 Å². The number of benzene rings is 4. The van der Waals surface area contributed by atoms with Crippen molar-refractivity contribution in [1.82, 2.24) is 14.5 Å². The zero-order chi connectivity index (χ0) is 25.4. The third kappa shape index (κ3) is 4.62. The molecule has 1 aliphatic carbocycles. The van der Waals surface area contributed by atoms with Gasteiger partial charge in [0.1, 0.15) is 0 Å². The van der Waals surface area contributed by atoms with Crippen molar-refractivity contribution in [3.8, 4) is 0 Å². The first kappa shape index (κ1) is 24.1. The quantitative estimate of drug-likeness (QED) is 0.358. The van der Waals surface area contributed by atoms with Gasteiger partial charge in [-0.2, -0.15) is 0 Å². The molecule has 8 heteroatoms. The second-order valence-corrected chi connectivity index (χ2v) is 11.6. The summed E-state index contributed by atoms with van der Waals surface area (Å²) in [5, 5.41) is 6.33. The van der Waals surface area contributed by atoms with Crippen LogP contribution >= 0.6 is 12.2 Å². The van der Waals surface area contributed by atoms with Gasteiger partial charge in [-0.1, -0.05) is 72.8 Å². The Labute approximate surface area is 223 Å². The number of rotatable bonds is 5. The van der Waals surface area contributed by atoms with E-state index < -0.39 is 10.0 Å². The molecule has 2 N–H and O–H groups in total. The Morgan fingerprint density at radius 1 is 0.757 bits per heavy atom. The number of sulfonamides is 1. The highest BCUT2D eigenvalue weighted by atomic mass is 32.2. The van der Waals surface area contributed by atoms with Crippen LogP contribution in [0.5, 0.6) is 0 Å². The predicted octanol–water partition coefficient (Wildman–Crippen LogP) is 4.93. The highest BCUT2D eigenvalue weighted by Gasteiger charge is 2.41. The van der Waals surface area contributed by atoms with Gasteiger partial charge in [0, 0.05) is 31.9 Å². The Kier molecular flexibility index (Phi) is 6.42. The standard InChI is InChI=1S/C29H28N4O2S2/c34-37(35,23-13-5-2-6-14-23)31-27-24-15-7-9-21-10-8-16-25(26(21)24)28(27)32-17-19-33(20-18-32)29(36)30-22-11-3-1-4-12-22/h1-16,27-28,31H,17-20H2,(H,30,36)/t27-,28+/m0/s1. The summed E-state index contributed by atoms with van der Waals surface area (Å²) in [4.78, 5) is 4.86. The van der Waals surface area contributed by atoms with Crippen molar-refractivity contribution in [3.05, 3.63) is 108 Å². The smallest absolute Gasteiger partial charge is 0.241 e. The van der Waals surface area contributed by atoms with Crippen LogP contribution < -0.4 is 10.0 Å². The van der Waals surface area contributed by atoms with Gasteiger partial charge in [-0.3, -0.25) is 4.90 Å². The van der Waals surface area contributed by atoms with Gasteiger partial charge >= 0.3 is 0 Å². The first-order valence-electron chi connectivity index (χ1n) is 12.5. The first-order valence-corrected chi connectivity index (χ1v) is 14.3. The van der Waals surface area contributed by atoms with Crippen molar-refractivity contribution in [2.75, 3.05) is 31.5 Å². The molecule has 0 radical (unpaired) electrons. The Bertz CT molecular complexity index is 1530. The highest BCUT2D eigenvalue weighted by Crippen LogP contribution is 2.47. The molecule has 0 bridgehead atoms. The van der Waals surface area contributed by atoms with Crippen molar-refractivity contribution >= 4 is 43.8 Å². The Hall–Kier alpha value is -3.30. The summed E-state index contributed by atoms with van der Waals surface area (Å²) in [6, 6.07) is 30.5. The number of nitrogens with zero attached hydrogens (tertiary/aromatic N) is 2. The molecule has 4 aromatic carbocycles. The van der Waals surface area contributed by atoms with Gasteiger partial charge in [-0.15, -0.1) is 0 Å². The van der Waals surface area contributed by atoms with Crippen molar-refractivity contribution in [3.63, 3.8) is 0 Å². The number of piperazine rings is 1. The van der Waals surface area contributed by atoms with E-state index in [1.165, 1.54) is 5.56 Å². The van der Waals surface area contributed by atoms with E-state index >= 15 is 0 Å². The van der Waals surface area contributed by atoms with Gasteiger partial charge < -0.3 is 10.2 Å². The molecule has 6 rings (SSSR count). The second kappa shape index (κ2) is 9.87. The fourth-order valence-electron chi connectivity index (χ4n) is 5.55. The normalized spacial score (nSPS) is 19.7. The molecule has 1 fully saturated rings. The van der Waals surface area contributed by atoms with E-state index in [-0.39, 0.29) is 17.0 Å². The number of hydrogen-bond acceptors (Lipinski definition) is 4. The maximum absolute atomic E-state index is 13.4. The molecular formula is C29H28N4O2S2. The molecular weight excluding hydrogens is 500 g/mol. The van der Waals surface area contributed by atoms with Crippen LogP contribution in [0.15, 0.2) is 102 Å². The minimum absolute atomic E-state index is 0.0996. The molecule has 0 unspecified atom stereocenters. The second-order valence-electron chi connectivity index (χ2n) is 9.47. The fourth-order valence-corrected chi connectivity index (χ4v) is 7.09. The molecule has 37 heavy (non-hydrogen) atoms. The van der Waals surface area contributed by atoms with Crippen LogP contribution in [0.2, 0.25) is 0 Å². The minimum atomic E-state index is -3.71. The summed E-state index contributed by atoms with van der Waals surface area (Å²) in [5.74, 6) is 0. The van der Waals surface area contributed by atoms with Crippen LogP contribution in [0.3, 0.4) is 0 Å². The SMILES string of the molecule is O=S(=O)(N[C@H]1c2cccc3cccc(c23)[C@H]1N1CCN(C(=S)Nc2ccccc2)CC1)c1ccccc1. The fraction of sp³-hybridized carbons (Fsp3) is 0.207. The van der Waals surface area contributed by atoms with Crippen LogP contribution in [-0.2, 0) is 10.0 Å². The van der Waals surface area contributed by atoms with Gasteiger partial charge in [0.25, 0.3) is 0 Å². The van der Waals surface area contributed by atoms with Crippen LogP contribution in [0.1, 0.15) is 23.2 Å². The summed E-state index contributed by atoms with van der Waals surface area (Å²) >= 11 is 5.69. The van der Waals surface area contributed by atoms with Gasteiger partial charge in [0.2, 0.25) is 10.0 Å². The number of para-hydroxylation sites is 1. The minimum Gasteiger partial charge on any atom is -0.346 e. The predicted molar refractivity (Wildman–Crippen MR) is 152 cm³/mol. The molecule has 0 amide bonds. The molecule has 2 aliphatic rings. The summed E-state index contributed by atoms with van der Waals surface area (Å²) in [6.45, 7) is 3.07. The summed E-state index contributed by atoms with van der Waals surface area (Å²) in [7, 11) is -3.71. The maximum atomic E-state index is 13.4. The monoisotopic (exact) mass is 528 g/mol. The van der Waals surface area contributed by atoms with Crippen LogP contribution in [0.4, 0.5) is 5.69 Å². The van der Waals surface area contributed by atoms with E-state index in [1.807, 2.05) is 42.5 Å². The van der Waals surface area contributed by atoms with Gasteiger partial charge in [-0.25, -0.2) is 13.1 Å². The van der Waals surface area contributed by atoms with Crippen molar-refractivity contribution < 1.29 is 8.42 Å². The maximum Gasteiger partial charge on any atom is 0.241 e. The summed E-state index contributed by atoms with van der Waals surface area (Å²) < 4.78 is 29.9. The largest absolute Gasteiger partial charge is 0.346 e. The van der Waals surface area contributed by atoms with Gasteiger partial charge in [-0.05, 0) is 58.4 Å². The third-order valence-electron chi connectivity index (χ3n) is 7.29. The lowest BCUT2D eigenvalue weighted by Gasteiger charge is -2.41. The number of hydrogen-bond donors (Lipinski definition) is 2. The van der Waals surface area contributed by atoms with Crippen LogP contribution in [0.25, 0.3) is 10.8 Å². The zero-order valence-electron chi connectivity index (χ0n) is 20.2. The lowest BCUT2D eigenvalue weighted by atomic mass is 10.0. The van der Waals surface area contributed by atoms with Crippen LogP contribution in [-0.4, -0.2) is 49.5 Å². The summed E-state index contributed by atoms with van der Waals surface area (Å²) in [6.07, 6.45) is 0. The van der Waals surface area contributed by atoms with Gasteiger partial charge in [0.05, 0.1) is 17.0 Å². The molecule has 6 nitrogen and oxygen atoms in total. The van der Waals surface area contributed by atoms with Crippen molar-refractivity contribution in [1.29, 1.82) is 0 Å². The number of nitrogens with one attached hydrogen (secondary N) is 2.